The zero-order chi connectivity index (χ0) is 21.8. The lowest BCUT2D eigenvalue weighted by atomic mass is 10.1. The Bertz CT molecular complexity index is 994. The van der Waals surface area contributed by atoms with E-state index in [2.05, 4.69) is 10.6 Å². The Morgan fingerprint density at radius 1 is 1.17 bits per heavy atom. The number of halogens is 2. The lowest BCUT2D eigenvalue weighted by Crippen LogP contribution is -2.30. The zero-order valence-corrected chi connectivity index (χ0v) is 17.3. The predicted molar refractivity (Wildman–Crippen MR) is 110 cm³/mol. The van der Waals surface area contributed by atoms with E-state index in [1.807, 2.05) is 0 Å². The van der Waals surface area contributed by atoms with Crippen molar-refractivity contribution < 1.29 is 23.9 Å². The van der Waals surface area contributed by atoms with E-state index in [1.54, 1.807) is 18.2 Å². The minimum atomic E-state index is -1.09. The van der Waals surface area contributed by atoms with Gasteiger partial charge in [-0.15, -0.1) is 0 Å². The van der Waals surface area contributed by atoms with Crippen molar-refractivity contribution in [2.75, 3.05) is 11.9 Å². The van der Waals surface area contributed by atoms with Gasteiger partial charge >= 0.3 is 12.0 Å². The van der Waals surface area contributed by atoms with Gasteiger partial charge in [0.1, 0.15) is 0 Å². The number of rotatable bonds is 6. The number of hydrogen-bond donors (Lipinski definition) is 2. The fourth-order valence-electron chi connectivity index (χ4n) is 2.65. The summed E-state index contributed by atoms with van der Waals surface area (Å²) in [6.45, 7) is 1.50. The van der Waals surface area contributed by atoms with Crippen LogP contribution < -0.4 is 10.6 Å². The molecule has 0 spiro atoms. The number of nitrogens with one attached hydrogen (secondary N) is 2. The Kier molecular flexibility index (Phi) is 6.59. The van der Waals surface area contributed by atoms with E-state index in [-0.39, 0.29) is 24.6 Å². The summed E-state index contributed by atoms with van der Waals surface area (Å²) in [5.41, 5.74) is 1.19. The van der Waals surface area contributed by atoms with Crippen molar-refractivity contribution in [3.63, 3.8) is 0 Å². The molecule has 1 aliphatic rings. The molecule has 3 rings (SSSR count). The van der Waals surface area contributed by atoms with Crippen LogP contribution in [0.3, 0.4) is 0 Å². The Labute approximate surface area is 182 Å². The van der Waals surface area contributed by atoms with E-state index in [0.29, 0.717) is 21.3 Å². The molecule has 10 heteroatoms. The Morgan fingerprint density at radius 3 is 2.50 bits per heavy atom. The van der Waals surface area contributed by atoms with Crippen LogP contribution in [0.15, 0.2) is 42.5 Å². The predicted octanol–water partition coefficient (Wildman–Crippen LogP) is 3.23. The number of carbonyl (C=O) groups excluding carboxylic acids is 4. The number of esters is 1. The number of imide groups is 1. The van der Waals surface area contributed by atoms with Gasteiger partial charge in [-0.25, -0.2) is 9.59 Å². The standard InChI is InChI=1S/C20H17Cl2N3O5/c1-11(18(27)24-16-8-14(21)6-7-15(16)22)30-19(28)13-4-2-12(3-5-13)10-25-17(26)9-23-20(25)29/h2-8,11H,9-10H2,1H3,(H,23,29)(H,24,27). The molecule has 0 saturated carbocycles. The van der Waals surface area contributed by atoms with Gasteiger partial charge in [-0.1, -0.05) is 35.3 Å². The quantitative estimate of drug-likeness (QED) is 0.520. The maximum absolute atomic E-state index is 12.3. The Morgan fingerprint density at radius 2 is 1.87 bits per heavy atom. The molecule has 0 radical (unpaired) electrons. The third-order valence-electron chi connectivity index (χ3n) is 4.31. The minimum absolute atomic E-state index is 0.0242. The first-order chi connectivity index (χ1) is 14.2. The maximum Gasteiger partial charge on any atom is 0.338 e. The molecule has 4 amide bonds. The number of urea groups is 1. The third kappa shape index (κ3) is 5.08. The fraction of sp³-hybridized carbons (Fsp3) is 0.200. The lowest BCUT2D eigenvalue weighted by Gasteiger charge is -2.15. The van der Waals surface area contributed by atoms with Crippen molar-refractivity contribution in [1.29, 1.82) is 0 Å². The molecule has 2 aromatic rings. The average molecular weight is 450 g/mol. The van der Waals surface area contributed by atoms with Gasteiger partial charge in [0, 0.05) is 5.02 Å². The van der Waals surface area contributed by atoms with E-state index < -0.39 is 24.0 Å². The second kappa shape index (κ2) is 9.15. The van der Waals surface area contributed by atoms with Crippen molar-refractivity contribution in [3.05, 3.63) is 63.6 Å². The van der Waals surface area contributed by atoms with Crippen molar-refractivity contribution in [1.82, 2.24) is 10.2 Å². The topological polar surface area (TPSA) is 105 Å². The summed E-state index contributed by atoms with van der Waals surface area (Å²) < 4.78 is 5.19. The normalized spacial score (nSPS) is 14.3. The second-order valence-corrected chi connectivity index (χ2v) is 7.34. The van der Waals surface area contributed by atoms with Crippen LogP contribution in [0, 0.1) is 0 Å². The van der Waals surface area contributed by atoms with Gasteiger partial charge in [0.25, 0.3) is 5.91 Å². The smallest absolute Gasteiger partial charge is 0.338 e. The number of ether oxygens (including phenoxy) is 1. The molecule has 1 heterocycles. The lowest BCUT2D eigenvalue weighted by molar-refractivity contribution is -0.125. The second-order valence-electron chi connectivity index (χ2n) is 6.50. The fourth-order valence-corrected chi connectivity index (χ4v) is 2.99. The van der Waals surface area contributed by atoms with E-state index >= 15 is 0 Å². The molecule has 0 bridgehead atoms. The molecule has 1 fully saturated rings. The summed E-state index contributed by atoms with van der Waals surface area (Å²) >= 11 is 11.9. The van der Waals surface area contributed by atoms with Crippen LogP contribution in [0.1, 0.15) is 22.8 Å². The van der Waals surface area contributed by atoms with Crippen LogP contribution in [-0.4, -0.2) is 41.4 Å². The van der Waals surface area contributed by atoms with Gasteiger partial charge in [-0.05, 0) is 42.8 Å². The molecule has 2 aromatic carbocycles. The van der Waals surface area contributed by atoms with Gasteiger partial charge in [-0.2, -0.15) is 0 Å². The van der Waals surface area contributed by atoms with Crippen LogP contribution in [0.4, 0.5) is 10.5 Å². The van der Waals surface area contributed by atoms with Crippen molar-refractivity contribution in [2.45, 2.75) is 19.6 Å². The average Bonchev–Trinajstić information content (AvgIpc) is 3.03. The van der Waals surface area contributed by atoms with E-state index in [1.165, 1.54) is 31.2 Å². The van der Waals surface area contributed by atoms with Gasteiger partial charge in [0.15, 0.2) is 6.10 Å². The van der Waals surface area contributed by atoms with Crippen LogP contribution in [0.25, 0.3) is 0 Å². The van der Waals surface area contributed by atoms with E-state index in [9.17, 15) is 19.2 Å². The highest BCUT2D eigenvalue weighted by Crippen LogP contribution is 2.25. The van der Waals surface area contributed by atoms with Gasteiger partial charge in [-0.3, -0.25) is 14.5 Å². The summed E-state index contributed by atoms with van der Waals surface area (Å²) in [4.78, 5) is 48.9. The molecule has 1 aliphatic heterocycles. The van der Waals surface area contributed by atoms with Crippen LogP contribution in [0.5, 0.6) is 0 Å². The van der Waals surface area contributed by atoms with Crippen molar-refractivity contribution in [3.8, 4) is 0 Å². The highest BCUT2D eigenvalue weighted by Gasteiger charge is 2.28. The number of anilines is 1. The Balaban J connectivity index is 1.58. The first-order valence-corrected chi connectivity index (χ1v) is 9.64. The van der Waals surface area contributed by atoms with Gasteiger partial charge in [0.2, 0.25) is 5.91 Å². The van der Waals surface area contributed by atoms with Crippen molar-refractivity contribution >= 4 is 52.7 Å². The number of benzene rings is 2. The van der Waals surface area contributed by atoms with Crippen LogP contribution >= 0.6 is 23.2 Å². The molecule has 1 saturated heterocycles. The molecule has 2 N–H and O–H groups in total. The van der Waals surface area contributed by atoms with Crippen LogP contribution in [-0.2, 0) is 20.9 Å². The summed E-state index contributed by atoms with van der Waals surface area (Å²) in [5, 5.41) is 5.69. The molecule has 0 aliphatic carbocycles. The largest absolute Gasteiger partial charge is 0.449 e. The maximum atomic E-state index is 12.3. The first-order valence-electron chi connectivity index (χ1n) is 8.88. The minimum Gasteiger partial charge on any atom is -0.449 e. The van der Waals surface area contributed by atoms with E-state index in [4.69, 9.17) is 27.9 Å². The molecule has 8 nitrogen and oxygen atoms in total. The van der Waals surface area contributed by atoms with Gasteiger partial charge < -0.3 is 15.4 Å². The molecule has 0 aromatic heterocycles. The van der Waals surface area contributed by atoms with Gasteiger partial charge in [0.05, 0.1) is 29.4 Å². The molecule has 30 heavy (non-hydrogen) atoms. The van der Waals surface area contributed by atoms with E-state index in [0.717, 1.165) is 4.90 Å². The zero-order valence-electron chi connectivity index (χ0n) is 15.8. The third-order valence-corrected chi connectivity index (χ3v) is 4.87. The summed E-state index contributed by atoms with van der Waals surface area (Å²) in [5.74, 6) is -1.58. The monoisotopic (exact) mass is 449 g/mol. The number of amides is 4. The molecule has 156 valence electrons. The highest BCUT2D eigenvalue weighted by molar-refractivity contribution is 6.35. The Hall–Kier alpha value is -3.10. The SMILES string of the molecule is CC(OC(=O)c1ccc(CN2C(=O)CNC2=O)cc1)C(=O)Nc1cc(Cl)ccc1Cl. The molecule has 1 atom stereocenters. The summed E-state index contributed by atoms with van der Waals surface area (Å²) in [6, 6.07) is 10.3. The number of carbonyl (C=O) groups is 4. The summed E-state index contributed by atoms with van der Waals surface area (Å²) in [6.07, 6.45) is -1.09. The number of hydrogen-bond acceptors (Lipinski definition) is 5. The summed E-state index contributed by atoms with van der Waals surface area (Å²) in [7, 11) is 0. The molecular formula is C20H17Cl2N3O5. The molecular weight excluding hydrogens is 433 g/mol. The van der Waals surface area contributed by atoms with Crippen molar-refractivity contribution in [2.24, 2.45) is 0 Å². The number of nitrogens with zero attached hydrogens (tertiary/aromatic N) is 1. The van der Waals surface area contributed by atoms with Crippen LogP contribution in [0.2, 0.25) is 10.0 Å². The molecule has 1 unspecified atom stereocenters. The highest BCUT2D eigenvalue weighted by atomic mass is 35.5. The first kappa shape index (κ1) is 21.6.